The van der Waals surface area contributed by atoms with Crippen LogP contribution < -0.4 is 26.1 Å². The molecule has 0 aliphatic heterocycles. The Morgan fingerprint density at radius 3 is 2.33 bits per heavy atom. The van der Waals surface area contributed by atoms with Crippen LogP contribution in [0.1, 0.15) is 18.4 Å². The molecule has 1 aromatic carbocycles. The van der Waals surface area contributed by atoms with Gasteiger partial charge in [0, 0.05) is 30.4 Å². The first-order chi connectivity index (χ1) is 14.2. The van der Waals surface area contributed by atoms with Gasteiger partial charge in [0.05, 0.1) is 20.3 Å². The lowest BCUT2D eigenvalue weighted by molar-refractivity contribution is -0.142. The molecule has 2 atom stereocenters. The number of fused-ring (bicyclic) bond motifs is 1. The Morgan fingerprint density at radius 1 is 1.13 bits per heavy atom. The second kappa shape index (κ2) is 9.74. The van der Waals surface area contributed by atoms with Crippen molar-refractivity contribution < 1.29 is 38.5 Å². The van der Waals surface area contributed by atoms with E-state index in [2.05, 4.69) is 5.32 Å². The number of benzene rings is 1. The van der Waals surface area contributed by atoms with Crippen molar-refractivity contribution in [2.45, 2.75) is 31.3 Å². The van der Waals surface area contributed by atoms with E-state index in [1.165, 1.54) is 26.4 Å². The molecule has 0 spiro atoms. The second-order valence-corrected chi connectivity index (χ2v) is 6.44. The minimum atomic E-state index is -1.41. The topological polar surface area (TPSA) is 178 Å². The molecule has 11 nitrogen and oxygen atoms in total. The zero-order valence-corrected chi connectivity index (χ0v) is 16.3. The molecule has 0 saturated heterocycles. The van der Waals surface area contributed by atoms with Gasteiger partial charge in [-0.1, -0.05) is 0 Å². The van der Waals surface area contributed by atoms with Gasteiger partial charge in [-0.15, -0.1) is 0 Å². The molecule has 162 valence electrons. The summed E-state index contributed by atoms with van der Waals surface area (Å²) in [7, 11) is 2.83. The number of methoxy groups -OCH3 is 2. The molecule has 1 aromatic heterocycles. The van der Waals surface area contributed by atoms with Gasteiger partial charge in [-0.05, 0) is 18.1 Å². The van der Waals surface area contributed by atoms with Crippen LogP contribution in [-0.4, -0.2) is 54.4 Å². The molecule has 30 heavy (non-hydrogen) atoms. The van der Waals surface area contributed by atoms with Crippen molar-refractivity contribution in [3.63, 3.8) is 0 Å². The number of amides is 1. The molecule has 5 N–H and O–H groups in total. The van der Waals surface area contributed by atoms with Gasteiger partial charge < -0.3 is 35.2 Å². The predicted molar refractivity (Wildman–Crippen MR) is 104 cm³/mol. The lowest BCUT2D eigenvalue weighted by Crippen LogP contribution is -2.49. The Morgan fingerprint density at radius 2 is 1.77 bits per heavy atom. The van der Waals surface area contributed by atoms with Crippen molar-refractivity contribution >= 4 is 28.8 Å². The zero-order chi connectivity index (χ0) is 22.4. The fourth-order valence-electron chi connectivity index (χ4n) is 2.83. The van der Waals surface area contributed by atoms with Crippen LogP contribution in [0.15, 0.2) is 27.4 Å². The van der Waals surface area contributed by atoms with E-state index < -0.39 is 35.6 Å². The molecule has 2 unspecified atom stereocenters. The van der Waals surface area contributed by atoms with Crippen molar-refractivity contribution in [2.24, 2.45) is 5.73 Å². The number of nitrogens with two attached hydrogens (primary N) is 1. The molecular formula is C19H22N2O9. The van der Waals surface area contributed by atoms with Crippen LogP contribution in [0.3, 0.4) is 0 Å². The number of rotatable bonds is 10. The first kappa shape index (κ1) is 22.7. The van der Waals surface area contributed by atoms with E-state index >= 15 is 0 Å². The largest absolute Gasteiger partial charge is 0.493 e. The van der Waals surface area contributed by atoms with Crippen molar-refractivity contribution in [3.05, 3.63) is 34.2 Å². The van der Waals surface area contributed by atoms with E-state index in [9.17, 15) is 24.3 Å². The number of ether oxygens (including phenoxy) is 2. The Hall–Kier alpha value is -3.60. The van der Waals surface area contributed by atoms with E-state index in [-0.39, 0.29) is 24.8 Å². The Kier molecular flexibility index (Phi) is 7.37. The highest BCUT2D eigenvalue weighted by Gasteiger charge is 2.25. The molecule has 11 heteroatoms. The maximum Gasteiger partial charge on any atom is 0.336 e. The van der Waals surface area contributed by atoms with Crippen LogP contribution in [0.25, 0.3) is 11.0 Å². The fraction of sp³-hybridized carbons (Fsp3) is 0.368. The summed E-state index contributed by atoms with van der Waals surface area (Å²) < 4.78 is 15.6. The second-order valence-electron chi connectivity index (χ2n) is 6.44. The fourth-order valence-corrected chi connectivity index (χ4v) is 2.83. The summed E-state index contributed by atoms with van der Waals surface area (Å²) in [5.74, 6) is -2.63. The van der Waals surface area contributed by atoms with Gasteiger partial charge in [-0.3, -0.25) is 9.59 Å². The standard InChI is InChI=1S/C19H22N2O9/c1-28-14-7-10-9(6-17(24)30-13(10)8-15(14)29-2)5-12(19(26)27)21-18(25)11(20)3-4-16(22)23/h6-8,11-12H,3-5,20H2,1-2H3,(H,21,25)(H,22,23)(H,26,27). The average molecular weight is 422 g/mol. The van der Waals surface area contributed by atoms with Gasteiger partial charge in [-0.25, -0.2) is 9.59 Å². The number of nitrogens with one attached hydrogen (secondary N) is 1. The summed E-state index contributed by atoms with van der Waals surface area (Å²) in [6.07, 6.45) is -0.731. The molecule has 0 fully saturated rings. The molecule has 1 heterocycles. The third kappa shape index (κ3) is 5.47. The van der Waals surface area contributed by atoms with Crippen molar-refractivity contribution in [1.82, 2.24) is 5.32 Å². The highest BCUT2D eigenvalue weighted by Crippen LogP contribution is 2.33. The highest BCUT2D eigenvalue weighted by atomic mass is 16.5. The van der Waals surface area contributed by atoms with E-state index in [1.807, 2.05) is 0 Å². The van der Waals surface area contributed by atoms with Crippen molar-refractivity contribution in [1.29, 1.82) is 0 Å². The van der Waals surface area contributed by atoms with Crippen LogP contribution >= 0.6 is 0 Å². The third-order valence-electron chi connectivity index (χ3n) is 4.38. The van der Waals surface area contributed by atoms with Crippen molar-refractivity contribution in [3.8, 4) is 11.5 Å². The number of hydrogen-bond acceptors (Lipinski definition) is 8. The third-order valence-corrected chi connectivity index (χ3v) is 4.38. The lowest BCUT2D eigenvalue weighted by atomic mass is 10.0. The average Bonchev–Trinajstić information content (AvgIpc) is 2.69. The van der Waals surface area contributed by atoms with E-state index in [4.69, 9.17) is 24.7 Å². The molecule has 2 rings (SSSR count). The lowest BCUT2D eigenvalue weighted by Gasteiger charge is -2.18. The maximum absolute atomic E-state index is 12.2. The van der Waals surface area contributed by atoms with Crippen LogP contribution in [0, 0.1) is 0 Å². The van der Waals surface area contributed by atoms with Crippen LogP contribution in [-0.2, 0) is 20.8 Å². The summed E-state index contributed by atoms with van der Waals surface area (Å²) in [4.78, 5) is 46.4. The Labute approximate surface area is 170 Å². The van der Waals surface area contributed by atoms with Gasteiger partial charge in [0.25, 0.3) is 0 Å². The maximum atomic E-state index is 12.2. The molecule has 0 aliphatic carbocycles. The van der Waals surface area contributed by atoms with Crippen molar-refractivity contribution in [2.75, 3.05) is 14.2 Å². The predicted octanol–water partition coefficient (Wildman–Crippen LogP) is 0.114. The molecule has 2 aromatic rings. The first-order valence-electron chi connectivity index (χ1n) is 8.85. The normalized spacial score (nSPS) is 12.8. The summed E-state index contributed by atoms with van der Waals surface area (Å²) in [5.41, 5.74) is 5.37. The number of carboxylic acid groups (broad SMARTS) is 2. The summed E-state index contributed by atoms with van der Waals surface area (Å²) >= 11 is 0. The van der Waals surface area contributed by atoms with Crippen LogP contribution in [0.2, 0.25) is 0 Å². The first-order valence-corrected chi connectivity index (χ1v) is 8.85. The minimum Gasteiger partial charge on any atom is -0.493 e. The summed E-state index contributed by atoms with van der Waals surface area (Å²) in [6, 6.07) is 1.50. The Bertz CT molecular complexity index is 1010. The summed E-state index contributed by atoms with van der Waals surface area (Å²) in [6.45, 7) is 0. The Balaban J connectivity index is 2.34. The number of carbonyl (C=O) groups is 3. The quantitative estimate of drug-likeness (QED) is 0.384. The molecule has 0 radical (unpaired) electrons. The molecular weight excluding hydrogens is 400 g/mol. The molecule has 0 bridgehead atoms. The minimum absolute atomic E-state index is 0.150. The van der Waals surface area contributed by atoms with E-state index in [0.29, 0.717) is 22.4 Å². The molecule has 1 amide bonds. The van der Waals surface area contributed by atoms with Gasteiger partial charge >= 0.3 is 17.6 Å². The molecule has 0 aliphatic rings. The number of aliphatic carboxylic acids is 2. The smallest absolute Gasteiger partial charge is 0.336 e. The van der Waals surface area contributed by atoms with Crippen LogP contribution in [0.4, 0.5) is 0 Å². The number of carboxylic acids is 2. The van der Waals surface area contributed by atoms with Gasteiger partial charge in [-0.2, -0.15) is 0 Å². The number of hydrogen-bond donors (Lipinski definition) is 4. The van der Waals surface area contributed by atoms with Gasteiger partial charge in [0.15, 0.2) is 11.5 Å². The summed E-state index contributed by atoms with van der Waals surface area (Å²) in [5, 5.41) is 20.9. The van der Waals surface area contributed by atoms with Gasteiger partial charge in [0.1, 0.15) is 11.6 Å². The molecule has 0 saturated carbocycles. The highest BCUT2D eigenvalue weighted by molar-refractivity contribution is 5.89. The van der Waals surface area contributed by atoms with E-state index in [1.54, 1.807) is 0 Å². The van der Waals surface area contributed by atoms with Crippen LogP contribution in [0.5, 0.6) is 11.5 Å². The SMILES string of the molecule is COc1cc2oc(=O)cc(CC(NC(=O)C(N)CCC(=O)O)C(=O)O)c2cc1OC. The zero-order valence-electron chi connectivity index (χ0n) is 16.3. The van der Waals surface area contributed by atoms with E-state index in [0.717, 1.165) is 6.07 Å². The number of carbonyl (C=O) groups excluding carboxylic acids is 1. The van der Waals surface area contributed by atoms with Gasteiger partial charge in [0.2, 0.25) is 5.91 Å². The monoisotopic (exact) mass is 422 g/mol.